The summed E-state index contributed by atoms with van der Waals surface area (Å²) in [5.74, 6) is 1.61. The molecule has 1 N–H and O–H groups in total. The number of phenolic OH excluding ortho intramolecular Hbond substituents is 1. The van der Waals surface area contributed by atoms with E-state index in [0.717, 1.165) is 60.3 Å². The second kappa shape index (κ2) is 8.02. The van der Waals surface area contributed by atoms with Gasteiger partial charge in [0, 0.05) is 35.8 Å². The van der Waals surface area contributed by atoms with Crippen LogP contribution in [0, 0.1) is 6.92 Å². The van der Waals surface area contributed by atoms with Gasteiger partial charge in [0.05, 0.1) is 18.2 Å². The van der Waals surface area contributed by atoms with Crippen molar-refractivity contribution in [1.29, 1.82) is 0 Å². The topological polar surface area (TPSA) is 63.9 Å². The number of benzene rings is 2. The van der Waals surface area contributed by atoms with Crippen molar-refractivity contribution in [2.24, 2.45) is 0 Å². The number of hydrogen-bond donors (Lipinski definition) is 1. The molecule has 0 radical (unpaired) electrons. The summed E-state index contributed by atoms with van der Waals surface area (Å²) in [4.78, 5) is 15.6. The molecule has 1 aromatic heterocycles. The van der Waals surface area contributed by atoms with Gasteiger partial charge >= 0.3 is 0 Å². The molecule has 0 saturated carbocycles. The normalized spacial score (nSPS) is 17.3. The summed E-state index contributed by atoms with van der Waals surface area (Å²) in [6.45, 7) is 7.32. The van der Waals surface area contributed by atoms with E-state index in [0.29, 0.717) is 23.4 Å². The van der Waals surface area contributed by atoms with Gasteiger partial charge in [-0.2, -0.15) is 0 Å². The quantitative estimate of drug-likeness (QED) is 0.581. The Morgan fingerprint density at radius 3 is 2.72 bits per heavy atom. The molecule has 6 nitrogen and oxygen atoms in total. The first-order chi connectivity index (χ1) is 15.5. The molecule has 0 aliphatic carbocycles. The van der Waals surface area contributed by atoms with Crippen molar-refractivity contribution >= 4 is 22.8 Å². The fourth-order valence-corrected chi connectivity index (χ4v) is 4.85. The Balaban J connectivity index is 1.58. The van der Waals surface area contributed by atoms with Crippen LogP contribution in [-0.2, 0) is 13.1 Å². The van der Waals surface area contributed by atoms with E-state index in [9.17, 15) is 9.90 Å². The van der Waals surface area contributed by atoms with E-state index >= 15 is 0 Å². The number of carbonyl (C=O) groups excluding carboxylic acids is 1. The molecule has 2 aliphatic heterocycles. The van der Waals surface area contributed by atoms with Gasteiger partial charge in [0.1, 0.15) is 17.2 Å². The Kier molecular flexibility index (Phi) is 5.18. The summed E-state index contributed by atoms with van der Waals surface area (Å²) >= 11 is 0. The van der Waals surface area contributed by atoms with Crippen LogP contribution >= 0.6 is 0 Å². The van der Waals surface area contributed by atoms with Gasteiger partial charge in [-0.05, 0) is 75.7 Å². The molecular weight excluding hydrogens is 404 g/mol. The van der Waals surface area contributed by atoms with Crippen LogP contribution in [0.25, 0.3) is 17.0 Å². The third-order valence-corrected chi connectivity index (χ3v) is 6.55. The van der Waals surface area contributed by atoms with Crippen molar-refractivity contribution < 1.29 is 19.4 Å². The first kappa shape index (κ1) is 20.6. The summed E-state index contributed by atoms with van der Waals surface area (Å²) in [5.41, 5.74) is 3.96. The van der Waals surface area contributed by atoms with Crippen molar-refractivity contribution in [3.8, 4) is 17.2 Å². The number of fused-ring (bicyclic) bond motifs is 2. The predicted molar refractivity (Wildman–Crippen MR) is 124 cm³/mol. The van der Waals surface area contributed by atoms with Gasteiger partial charge in [-0.3, -0.25) is 9.69 Å². The Morgan fingerprint density at radius 2 is 2.00 bits per heavy atom. The van der Waals surface area contributed by atoms with E-state index in [1.807, 2.05) is 37.4 Å². The minimum absolute atomic E-state index is 0.138. The first-order valence-electron chi connectivity index (χ1n) is 11.2. The van der Waals surface area contributed by atoms with Crippen molar-refractivity contribution in [3.63, 3.8) is 0 Å². The van der Waals surface area contributed by atoms with E-state index in [-0.39, 0.29) is 17.3 Å². The summed E-state index contributed by atoms with van der Waals surface area (Å²) in [6.07, 6.45) is 6.16. The maximum atomic E-state index is 13.3. The monoisotopic (exact) mass is 432 g/mol. The summed E-state index contributed by atoms with van der Waals surface area (Å²) in [7, 11) is 1.65. The molecule has 6 heteroatoms. The van der Waals surface area contributed by atoms with Gasteiger partial charge in [-0.25, -0.2) is 0 Å². The van der Waals surface area contributed by atoms with Gasteiger partial charge < -0.3 is 19.1 Å². The third-order valence-electron chi connectivity index (χ3n) is 6.55. The fourth-order valence-electron chi connectivity index (χ4n) is 4.85. The molecule has 1 saturated heterocycles. The van der Waals surface area contributed by atoms with Crippen molar-refractivity contribution in [1.82, 2.24) is 9.47 Å². The van der Waals surface area contributed by atoms with Crippen LogP contribution < -0.4 is 9.47 Å². The molecule has 3 heterocycles. The summed E-state index contributed by atoms with van der Waals surface area (Å²) in [5, 5.41) is 11.7. The molecule has 32 heavy (non-hydrogen) atoms. The van der Waals surface area contributed by atoms with Crippen LogP contribution in [0.15, 0.2) is 36.2 Å². The predicted octanol–water partition coefficient (Wildman–Crippen LogP) is 4.90. The van der Waals surface area contributed by atoms with E-state index in [1.54, 1.807) is 13.2 Å². The molecule has 2 aliphatic rings. The number of hydrogen-bond acceptors (Lipinski definition) is 5. The first-order valence-corrected chi connectivity index (χ1v) is 11.2. The van der Waals surface area contributed by atoms with Crippen molar-refractivity contribution in [2.45, 2.75) is 39.8 Å². The lowest BCUT2D eigenvalue weighted by atomic mass is 9.99. The Bertz CT molecular complexity index is 1250. The number of phenols is 1. The Morgan fingerprint density at radius 1 is 1.22 bits per heavy atom. The largest absolute Gasteiger partial charge is 0.507 e. The highest BCUT2D eigenvalue weighted by molar-refractivity contribution is 6.16. The zero-order valence-electron chi connectivity index (χ0n) is 18.8. The number of nitrogens with zero attached hydrogens (tertiary/aromatic N) is 2. The van der Waals surface area contributed by atoms with Gasteiger partial charge in [0.15, 0.2) is 5.76 Å². The molecule has 0 unspecified atom stereocenters. The van der Waals surface area contributed by atoms with Crippen molar-refractivity contribution in [2.75, 3.05) is 20.2 Å². The number of allylic oxidation sites excluding steroid dienone is 1. The van der Waals surface area contributed by atoms with Crippen LogP contribution in [0.5, 0.6) is 17.2 Å². The highest BCUT2D eigenvalue weighted by Crippen LogP contribution is 2.43. The van der Waals surface area contributed by atoms with E-state index in [2.05, 4.69) is 16.4 Å². The molecular formula is C26H28N2O4. The zero-order chi connectivity index (χ0) is 22.4. The number of ketones is 1. The second-order valence-electron chi connectivity index (χ2n) is 8.57. The van der Waals surface area contributed by atoms with Gasteiger partial charge in [-0.1, -0.05) is 0 Å². The lowest BCUT2D eigenvalue weighted by molar-refractivity contribution is 0.101. The number of rotatable bonds is 5. The average Bonchev–Trinajstić information content (AvgIpc) is 3.50. The molecule has 0 spiro atoms. The zero-order valence-corrected chi connectivity index (χ0v) is 18.8. The third kappa shape index (κ3) is 3.35. The number of aromatic nitrogens is 1. The lowest BCUT2D eigenvalue weighted by Crippen LogP contribution is -2.19. The standard InChI is InChI=1S/C26H28N2O4/c1-4-28-14-17(19-13-18(31-3)7-8-21(19)28)12-23-25(30)24-16(2)11-22(29)20(26(24)32-23)15-27-9-5-6-10-27/h7-8,11-14,29H,4-6,9-10,15H2,1-3H3/b23-12-. The molecule has 0 amide bonds. The molecule has 0 bridgehead atoms. The van der Waals surface area contributed by atoms with E-state index in [1.165, 1.54) is 0 Å². The molecule has 166 valence electrons. The van der Waals surface area contributed by atoms with Crippen LogP contribution in [0.4, 0.5) is 0 Å². The highest BCUT2D eigenvalue weighted by Gasteiger charge is 2.34. The number of carbonyl (C=O) groups is 1. The summed E-state index contributed by atoms with van der Waals surface area (Å²) in [6, 6.07) is 7.63. The number of aryl methyl sites for hydroxylation is 2. The van der Waals surface area contributed by atoms with E-state index < -0.39 is 0 Å². The minimum Gasteiger partial charge on any atom is -0.507 e. The number of ether oxygens (including phenoxy) is 2. The summed E-state index contributed by atoms with van der Waals surface area (Å²) < 4.78 is 13.7. The van der Waals surface area contributed by atoms with Crippen LogP contribution in [0.3, 0.4) is 0 Å². The number of methoxy groups -OCH3 is 1. The number of likely N-dealkylation sites (tertiary alicyclic amines) is 1. The molecule has 2 aromatic carbocycles. The van der Waals surface area contributed by atoms with Crippen LogP contribution in [0.2, 0.25) is 0 Å². The highest BCUT2D eigenvalue weighted by atomic mass is 16.5. The van der Waals surface area contributed by atoms with Gasteiger partial charge in [0.2, 0.25) is 5.78 Å². The number of aromatic hydroxyl groups is 1. The molecule has 1 fully saturated rings. The maximum absolute atomic E-state index is 13.3. The van der Waals surface area contributed by atoms with Gasteiger partial charge in [-0.15, -0.1) is 0 Å². The lowest BCUT2D eigenvalue weighted by Gasteiger charge is -2.18. The van der Waals surface area contributed by atoms with Gasteiger partial charge in [0.25, 0.3) is 0 Å². The minimum atomic E-state index is -0.138. The van der Waals surface area contributed by atoms with E-state index in [4.69, 9.17) is 9.47 Å². The maximum Gasteiger partial charge on any atom is 0.232 e. The average molecular weight is 433 g/mol. The second-order valence-corrected chi connectivity index (χ2v) is 8.57. The number of Topliss-reactive ketones (excluding diaryl/α,β-unsaturated/α-hetero) is 1. The Labute approximate surface area is 187 Å². The SMILES string of the molecule is CCn1cc(/C=C2\Oc3c(CN4CCCC4)c(O)cc(C)c3C2=O)c2cc(OC)ccc21. The van der Waals surface area contributed by atoms with Crippen LogP contribution in [0.1, 0.15) is 46.8 Å². The Hall–Kier alpha value is -3.25. The fraction of sp³-hybridized carbons (Fsp3) is 0.346. The molecule has 3 aromatic rings. The smallest absolute Gasteiger partial charge is 0.232 e. The molecule has 0 atom stereocenters. The molecule has 5 rings (SSSR count). The van der Waals surface area contributed by atoms with Crippen molar-refractivity contribution in [3.05, 3.63) is 58.5 Å². The van der Waals surface area contributed by atoms with Crippen LogP contribution in [-0.4, -0.2) is 40.6 Å².